The summed E-state index contributed by atoms with van der Waals surface area (Å²) >= 11 is 6.33. The molecule has 0 bridgehead atoms. The zero-order valence-corrected chi connectivity index (χ0v) is 26.2. The smallest absolute Gasteiger partial charge is 0.328 e. The van der Waals surface area contributed by atoms with E-state index in [4.69, 9.17) is 16.3 Å². The van der Waals surface area contributed by atoms with Crippen molar-refractivity contribution in [3.63, 3.8) is 0 Å². The molecule has 0 saturated carbocycles. The maximum Gasteiger partial charge on any atom is 0.328 e. The van der Waals surface area contributed by atoms with E-state index in [1.165, 1.54) is 7.11 Å². The van der Waals surface area contributed by atoms with Gasteiger partial charge < -0.3 is 24.3 Å². The molecule has 1 aromatic rings. The van der Waals surface area contributed by atoms with Crippen LogP contribution in [0.4, 0.5) is 0 Å². The Kier molecular flexibility index (Phi) is 7.74. The molecule has 45 heavy (non-hydrogen) atoms. The molecule has 0 aromatic heterocycles. The lowest BCUT2D eigenvalue weighted by Gasteiger charge is -2.44. The van der Waals surface area contributed by atoms with Crippen LogP contribution < -0.4 is 0 Å². The highest BCUT2D eigenvalue weighted by Gasteiger charge is 2.58. The van der Waals surface area contributed by atoms with E-state index >= 15 is 0 Å². The van der Waals surface area contributed by atoms with E-state index in [9.17, 15) is 24.0 Å². The third-order valence-electron chi connectivity index (χ3n) is 10.9. The van der Waals surface area contributed by atoms with Crippen molar-refractivity contribution in [2.75, 3.05) is 20.2 Å². The van der Waals surface area contributed by atoms with Gasteiger partial charge in [0, 0.05) is 30.5 Å². The molecule has 0 N–H and O–H groups in total. The summed E-state index contributed by atoms with van der Waals surface area (Å²) in [5.74, 6) is -1.35. The van der Waals surface area contributed by atoms with E-state index in [0.717, 1.165) is 5.56 Å². The first kappa shape index (κ1) is 30.0. The lowest BCUT2D eigenvalue weighted by atomic mass is 9.88. The number of aryl methyl sites for hydroxylation is 1. The maximum absolute atomic E-state index is 14.5. The van der Waals surface area contributed by atoms with Crippen LogP contribution in [0.2, 0.25) is 5.02 Å². The van der Waals surface area contributed by atoms with Crippen molar-refractivity contribution in [3.8, 4) is 0 Å². The van der Waals surface area contributed by atoms with Gasteiger partial charge in [-0.05, 0) is 63.0 Å². The molecule has 0 aliphatic carbocycles. The molecular weight excluding hydrogens is 596 g/mol. The molecule has 0 unspecified atom stereocenters. The Balaban J connectivity index is 1.11. The van der Waals surface area contributed by atoms with Crippen molar-refractivity contribution in [3.05, 3.63) is 59.2 Å². The SMILES string of the molecule is COC(=O)[C@@H]1CC[C@@H]2C=C[C@H]3CCN(C(=O)[C@@H]4CC[C@H]5C=C[C@]6(CCCN6C(=O)CCc6ccccc6Cl)C(=O)N54)[C@@H]3C(=O)N21. The summed E-state index contributed by atoms with van der Waals surface area (Å²) in [6, 6.07) is 4.93. The van der Waals surface area contributed by atoms with Crippen LogP contribution in [0, 0.1) is 5.92 Å². The molecule has 11 heteroatoms. The Hall–Kier alpha value is -3.66. The highest BCUT2D eigenvalue weighted by Crippen LogP contribution is 2.43. The number of fused-ring (bicyclic) bond motifs is 3. The molecule has 6 aliphatic heterocycles. The van der Waals surface area contributed by atoms with Gasteiger partial charge in [0.05, 0.1) is 19.2 Å². The number of halogens is 1. The fraction of sp³-hybridized carbons (Fsp3) is 0.559. The fourth-order valence-electron chi connectivity index (χ4n) is 8.70. The number of methoxy groups -OCH3 is 1. The molecule has 4 saturated heterocycles. The van der Waals surface area contributed by atoms with Gasteiger partial charge in [-0.25, -0.2) is 4.79 Å². The van der Waals surface area contributed by atoms with Crippen LogP contribution in [-0.4, -0.2) is 105 Å². The molecule has 7 rings (SSSR count). The van der Waals surface area contributed by atoms with Gasteiger partial charge in [-0.2, -0.15) is 0 Å². The fourth-order valence-corrected chi connectivity index (χ4v) is 8.93. The van der Waals surface area contributed by atoms with Gasteiger partial charge in [-0.15, -0.1) is 0 Å². The predicted molar refractivity (Wildman–Crippen MR) is 165 cm³/mol. The van der Waals surface area contributed by atoms with Gasteiger partial charge in [-0.1, -0.05) is 54.1 Å². The number of likely N-dealkylation sites (tertiary alicyclic amines) is 2. The van der Waals surface area contributed by atoms with Gasteiger partial charge in [0.1, 0.15) is 23.7 Å². The standard InChI is InChI=1S/C34H39ClN4O6/c1-45-32(43)27-13-11-23-9-7-22-16-20-36(29(22)31(42)38(23)27)30(41)26-12-10-24-15-18-34(33(44)39(24)26)17-4-19-37(34)28(40)14-8-21-5-2-3-6-25(21)35/h2-3,5-7,9,15,18,22-24,26-27,29H,4,8,10-14,16-17,19-20H2,1H3/t22-,23-,24-,26-,27-,29-,34+/m0/s1. The Bertz CT molecular complexity index is 1490. The normalized spacial score (nSPS) is 33.5. The van der Waals surface area contributed by atoms with Crippen LogP contribution in [0.25, 0.3) is 0 Å². The van der Waals surface area contributed by atoms with E-state index in [1.807, 2.05) is 42.5 Å². The molecule has 0 radical (unpaired) electrons. The van der Waals surface area contributed by atoms with Crippen LogP contribution in [0.3, 0.4) is 0 Å². The first-order valence-electron chi connectivity index (χ1n) is 16.2. The lowest BCUT2D eigenvalue weighted by Crippen LogP contribution is -2.64. The average Bonchev–Trinajstić information content (AvgIpc) is 3.84. The molecule has 4 fully saturated rings. The number of carbonyl (C=O) groups is 5. The Morgan fingerprint density at radius 1 is 0.933 bits per heavy atom. The quantitative estimate of drug-likeness (QED) is 0.364. The van der Waals surface area contributed by atoms with Gasteiger partial charge >= 0.3 is 5.97 Å². The van der Waals surface area contributed by atoms with Gasteiger partial charge in [-0.3, -0.25) is 19.2 Å². The summed E-state index contributed by atoms with van der Waals surface area (Å²) in [4.78, 5) is 75.7. The first-order valence-corrected chi connectivity index (χ1v) is 16.6. The number of carbonyl (C=O) groups excluding carboxylic acids is 5. The minimum Gasteiger partial charge on any atom is -0.467 e. The van der Waals surface area contributed by atoms with E-state index in [2.05, 4.69) is 0 Å². The number of rotatable bonds is 5. The van der Waals surface area contributed by atoms with E-state index < -0.39 is 29.6 Å². The minimum atomic E-state index is -1.11. The molecule has 1 spiro atoms. The lowest BCUT2D eigenvalue weighted by molar-refractivity contribution is -0.158. The van der Waals surface area contributed by atoms with Crippen molar-refractivity contribution < 1.29 is 28.7 Å². The maximum atomic E-state index is 14.5. The summed E-state index contributed by atoms with van der Waals surface area (Å²) in [7, 11) is 1.33. The Morgan fingerprint density at radius 2 is 1.69 bits per heavy atom. The summed E-state index contributed by atoms with van der Waals surface area (Å²) in [6.07, 6.45) is 12.8. The monoisotopic (exact) mass is 634 g/mol. The van der Waals surface area contributed by atoms with Crippen molar-refractivity contribution in [2.24, 2.45) is 5.92 Å². The predicted octanol–water partition coefficient (Wildman–Crippen LogP) is 2.88. The number of amides is 4. The summed E-state index contributed by atoms with van der Waals surface area (Å²) in [5.41, 5.74) is -0.219. The van der Waals surface area contributed by atoms with Crippen LogP contribution in [-0.2, 0) is 35.1 Å². The van der Waals surface area contributed by atoms with Gasteiger partial charge in [0.25, 0.3) is 5.91 Å². The second-order valence-corrected chi connectivity index (χ2v) is 13.5. The number of nitrogens with zero attached hydrogens (tertiary/aromatic N) is 4. The zero-order valence-electron chi connectivity index (χ0n) is 25.5. The van der Waals surface area contributed by atoms with E-state index in [0.29, 0.717) is 69.5 Å². The van der Waals surface area contributed by atoms with Crippen molar-refractivity contribution >= 4 is 41.2 Å². The first-order chi connectivity index (χ1) is 21.7. The van der Waals surface area contributed by atoms with Crippen LogP contribution in [0.5, 0.6) is 0 Å². The molecule has 1 aromatic carbocycles. The molecule has 10 nitrogen and oxygen atoms in total. The zero-order chi connectivity index (χ0) is 31.5. The number of hydrogen-bond donors (Lipinski definition) is 0. The number of hydrogen-bond acceptors (Lipinski definition) is 6. The highest BCUT2D eigenvalue weighted by molar-refractivity contribution is 6.31. The molecule has 238 valence electrons. The summed E-state index contributed by atoms with van der Waals surface area (Å²) in [6.45, 7) is 0.881. The van der Waals surface area contributed by atoms with Gasteiger partial charge in [0.2, 0.25) is 17.7 Å². The third-order valence-corrected chi connectivity index (χ3v) is 11.3. The van der Waals surface area contributed by atoms with Gasteiger partial charge in [0.15, 0.2) is 0 Å². The van der Waals surface area contributed by atoms with Crippen molar-refractivity contribution in [1.82, 2.24) is 19.6 Å². The van der Waals surface area contributed by atoms with E-state index in [1.54, 1.807) is 25.7 Å². The van der Waals surface area contributed by atoms with Crippen LogP contribution in [0.15, 0.2) is 48.6 Å². The second-order valence-electron chi connectivity index (χ2n) is 13.1. The highest BCUT2D eigenvalue weighted by atomic mass is 35.5. The summed E-state index contributed by atoms with van der Waals surface area (Å²) < 4.78 is 5.00. The molecule has 7 atom stereocenters. The molecule has 6 heterocycles. The minimum absolute atomic E-state index is 0.107. The number of esters is 1. The van der Waals surface area contributed by atoms with E-state index in [-0.39, 0.29) is 48.1 Å². The molecular formula is C34H39ClN4O6. The van der Waals surface area contributed by atoms with Crippen molar-refractivity contribution in [1.29, 1.82) is 0 Å². The van der Waals surface area contributed by atoms with Crippen molar-refractivity contribution in [2.45, 2.75) is 93.5 Å². The Morgan fingerprint density at radius 3 is 2.47 bits per heavy atom. The topological polar surface area (TPSA) is 108 Å². The molecule has 4 amide bonds. The van der Waals surface area contributed by atoms with Crippen LogP contribution in [0.1, 0.15) is 56.9 Å². The Labute approximate surface area is 267 Å². The largest absolute Gasteiger partial charge is 0.467 e. The number of benzene rings is 1. The number of ether oxygens (including phenoxy) is 1. The molecule has 6 aliphatic rings. The second kappa shape index (κ2) is 11.6. The average molecular weight is 635 g/mol. The summed E-state index contributed by atoms with van der Waals surface area (Å²) in [5, 5.41) is 0.615. The third kappa shape index (κ3) is 4.78. The van der Waals surface area contributed by atoms with Crippen LogP contribution >= 0.6 is 11.6 Å².